The molecule has 0 aliphatic carbocycles. The number of nitrogens with one attached hydrogen (secondary N) is 1. The first kappa shape index (κ1) is 18.1. The molecular weight excluding hydrogens is 378 g/mol. The van der Waals surface area contributed by atoms with Crippen molar-refractivity contribution in [1.82, 2.24) is 0 Å². The fourth-order valence-corrected chi connectivity index (χ4v) is 3.52. The van der Waals surface area contributed by atoms with E-state index in [1.54, 1.807) is 23.6 Å². The number of ether oxygens (including phenoxy) is 2. The molecular formula is C21H17NO5S. The third-order valence-corrected chi connectivity index (χ3v) is 5.18. The van der Waals surface area contributed by atoms with Gasteiger partial charge in [-0.05, 0) is 30.5 Å². The molecule has 7 heteroatoms. The molecule has 0 aliphatic rings. The molecule has 1 amide bonds. The second-order valence-corrected chi connectivity index (χ2v) is 7.11. The van der Waals surface area contributed by atoms with Crippen LogP contribution in [0.1, 0.15) is 16.6 Å². The Bertz CT molecular complexity index is 1160. The van der Waals surface area contributed by atoms with Crippen molar-refractivity contribution in [3.63, 3.8) is 0 Å². The lowest BCUT2D eigenvalue weighted by Crippen LogP contribution is -2.29. The van der Waals surface area contributed by atoms with E-state index in [1.807, 2.05) is 30.3 Å². The van der Waals surface area contributed by atoms with Gasteiger partial charge < -0.3 is 19.2 Å². The molecule has 142 valence electrons. The van der Waals surface area contributed by atoms with Crippen LogP contribution in [-0.4, -0.2) is 25.1 Å². The van der Waals surface area contributed by atoms with Gasteiger partial charge in [0.2, 0.25) is 0 Å². The third kappa shape index (κ3) is 3.32. The summed E-state index contributed by atoms with van der Waals surface area (Å²) in [5.74, 6) is -0.500. The van der Waals surface area contributed by atoms with Crippen LogP contribution in [-0.2, 0) is 9.53 Å². The van der Waals surface area contributed by atoms with Gasteiger partial charge in [0.1, 0.15) is 21.8 Å². The van der Waals surface area contributed by atoms with Crippen molar-refractivity contribution < 1.29 is 23.5 Å². The molecule has 2 aromatic heterocycles. The fraction of sp³-hybridized carbons (Fsp3) is 0.143. The highest BCUT2D eigenvalue weighted by atomic mass is 32.1. The van der Waals surface area contributed by atoms with Gasteiger partial charge in [-0.15, -0.1) is 11.3 Å². The van der Waals surface area contributed by atoms with Crippen molar-refractivity contribution in [2.75, 3.05) is 12.4 Å². The molecule has 0 aliphatic heterocycles. The van der Waals surface area contributed by atoms with Crippen LogP contribution in [0.15, 0.2) is 58.3 Å². The lowest BCUT2D eigenvalue weighted by Gasteiger charge is -2.15. The van der Waals surface area contributed by atoms with Crippen molar-refractivity contribution in [2.24, 2.45) is 0 Å². The lowest BCUT2D eigenvalue weighted by molar-refractivity contribution is -0.123. The fourth-order valence-electron chi connectivity index (χ4n) is 2.92. The molecule has 0 unspecified atom stereocenters. The topological polar surface area (TPSA) is 77.8 Å². The Kier molecular flexibility index (Phi) is 4.75. The first-order valence-electron chi connectivity index (χ1n) is 8.61. The number of hydrogen-bond acceptors (Lipinski definition) is 6. The highest BCUT2D eigenvalue weighted by Crippen LogP contribution is 2.36. The highest BCUT2D eigenvalue weighted by Gasteiger charge is 2.21. The molecule has 6 nitrogen and oxygen atoms in total. The summed E-state index contributed by atoms with van der Waals surface area (Å²) in [7, 11) is 1.53. The Hall–Kier alpha value is -3.32. The second-order valence-electron chi connectivity index (χ2n) is 6.16. The SMILES string of the molecule is COc1cc2c(cc1NC(=O)[C@@H](C)OC(=O)c1cccs1)oc1ccccc12. The number of hydrogen-bond donors (Lipinski definition) is 1. The van der Waals surface area contributed by atoms with E-state index < -0.39 is 18.0 Å². The largest absolute Gasteiger partial charge is 0.495 e. The van der Waals surface area contributed by atoms with Gasteiger partial charge in [-0.25, -0.2) is 4.79 Å². The van der Waals surface area contributed by atoms with Gasteiger partial charge in [-0.2, -0.15) is 0 Å². The maximum absolute atomic E-state index is 12.5. The second kappa shape index (κ2) is 7.36. The molecule has 0 saturated carbocycles. The van der Waals surface area contributed by atoms with Crippen LogP contribution in [0.2, 0.25) is 0 Å². The van der Waals surface area contributed by atoms with E-state index in [0.717, 1.165) is 16.4 Å². The summed E-state index contributed by atoms with van der Waals surface area (Å²) < 4.78 is 16.5. The molecule has 0 spiro atoms. The quantitative estimate of drug-likeness (QED) is 0.489. The molecule has 2 heterocycles. The van der Waals surface area contributed by atoms with E-state index in [9.17, 15) is 9.59 Å². The zero-order valence-corrected chi connectivity index (χ0v) is 16.0. The number of benzene rings is 2. The minimum atomic E-state index is -0.967. The van der Waals surface area contributed by atoms with Crippen LogP contribution in [0.4, 0.5) is 5.69 Å². The molecule has 0 radical (unpaired) electrons. The number of fused-ring (bicyclic) bond motifs is 3. The number of carbonyl (C=O) groups excluding carboxylic acids is 2. The summed E-state index contributed by atoms with van der Waals surface area (Å²) in [6.07, 6.45) is -0.967. The molecule has 0 bridgehead atoms. The summed E-state index contributed by atoms with van der Waals surface area (Å²) >= 11 is 1.26. The predicted molar refractivity (Wildman–Crippen MR) is 108 cm³/mol. The average molecular weight is 395 g/mol. The van der Waals surface area contributed by atoms with E-state index >= 15 is 0 Å². The smallest absolute Gasteiger partial charge is 0.349 e. The lowest BCUT2D eigenvalue weighted by atomic mass is 10.1. The van der Waals surface area contributed by atoms with Gasteiger partial charge in [0.15, 0.2) is 6.10 Å². The van der Waals surface area contributed by atoms with Gasteiger partial charge in [0.25, 0.3) is 5.91 Å². The van der Waals surface area contributed by atoms with Crippen molar-refractivity contribution in [3.05, 3.63) is 58.8 Å². The molecule has 28 heavy (non-hydrogen) atoms. The number of carbonyl (C=O) groups is 2. The van der Waals surface area contributed by atoms with Crippen LogP contribution >= 0.6 is 11.3 Å². The van der Waals surface area contributed by atoms with Gasteiger partial charge in [0.05, 0.1) is 12.8 Å². The van der Waals surface area contributed by atoms with E-state index in [1.165, 1.54) is 25.4 Å². The molecule has 0 fully saturated rings. The average Bonchev–Trinajstić information content (AvgIpc) is 3.35. The number of rotatable bonds is 5. The number of anilines is 1. The molecule has 1 atom stereocenters. The monoisotopic (exact) mass is 395 g/mol. The normalized spacial score (nSPS) is 12.1. The zero-order chi connectivity index (χ0) is 19.7. The van der Waals surface area contributed by atoms with E-state index in [0.29, 0.717) is 21.9 Å². The summed E-state index contributed by atoms with van der Waals surface area (Å²) in [6, 6.07) is 14.6. The van der Waals surface area contributed by atoms with Crippen LogP contribution in [0, 0.1) is 0 Å². The molecule has 1 N–H and O–H groups in total. The number of thiophene rings is 1. The number of methoxy groups -OCH3 is 1. The van der Waals surface area contributed by atoms with Crippen LogP contribution in [0.5, 0.6) is 5.75 Å². The van der Waals surface area contributed by atoms with Crippen molar-refractivity contribution in [3.8, 4) is 5.75 Å². The van der Waals surface area contributed by atoms with Gasteiger partial charge in [-0.3, -0.25) is 4.79 Å². The standard InChI is InChI=1S/C21H17NO5S/c1-12(26-21(24)19-8-5-9-28-19)20(23)22-15-11-17-14(10-18(15)25-2)13-6-3-4-7-16(13)27-17/h3-12H,1-2H3,(H,22,23)/t12-/m1/s1. The Morgan fingerprint density at radius 2 is 1.89 bits per heavy atom. The molecule has 0 saturated heterocycles. The Morgan fingerprint density at radius 1 is 1.07 bits per heavy atom. The first-order valence-corrected chi connectivity index (χ1v) is 9.49. The van der Waals surface area contributed by atoms with E-state index in [2.05, 4.69) is 5.32 Å². The Balaban J connectivity index is 1.58. The third-order valence-electron chi connectivity index (χ3n) is 4.33. The molecule has 4 aromatic rings. The van der Waals surface area contributed by atoms with Crippen LogP contribution in [0.25, 0.3) is 21.9 Å². The summed E-state index contributed by atoms with van der Waals surface area (Å²) in [5, 5.41) is 6.38. The van der Waals surface area contributed by atoms with Crippen molar-refractivity contribution in [2.45, 2.75) is 13.0 Å². The maximum atomic E-state index is 12.5. The van der Waals surface area contributed by atoms with E-state index in [4.69, 9.17) is 13.9 Å². The Morgan fingerprint density at radius 3 is 2.64 bits per heavy atom. The number of esters is 1. The summed E-state index contributed by atoms with van der Waals surface area (Å²) in [5.41, 5.74) is 1.82. The summed E-state index contributed by atoms with van der Waals surface area (Å²) in [4.78, 5) is 25.0. The molecule has 4 rings (SSSR count). The number of para-hydroxylation sites is 1. The van der Waals surface area contributed by atoms with Gasteiger partial charge >= 0.3 is 5.97 Å². The summed E-state index contributed by atoms with van der Waals surface area (Å²) in [6.45, 7) is 1.52. The number of amides is 1. The number of furan rings is 1. The first-order chi connectivity index (χ1) is 13.6. The van der Waals surface area contributed by atoms with Crippen molar-refractivity contribution >= 4 is 50.8 Å². The van der Waals surface area contributed by atoms with Crippen LogP contribution in [0.3, 0.4) is 0 Å². The maximum Gasteiger partial charge on any atom is 0.349 e. The Labute approximate surface area is 164 Å². The van der Waals surface area contributed by atoms with Crippen LogP contribution < -0.4 is 10.1 Å². The van der Waals surface area contributed by atoms with E-state index in [-0.39, 0.29) is 0 Å². The van der Waals surface area contributed by atoms with Gasteiger partial charge in [0, 0.05) is 16.8 Å². The predicted octanol–water partition coefficient (Wildman–Crippen LogP) is 4.84. The minimum absolute atomic E-state index is 0.443. The van der Waals surface area contributed by atoms with Crippen molar-refractivity contribution in [1.29, 1.82) is 0 Å². The zero-order valence-electron chi connectivity index (χ0n) is 15.2. The van der Waals surface area contributed by atoms with Gasteiger partial charge in [-0.1, -0.05) is 24.3 Å². The highest BCUT2D eigenvalue weighted by molar-refractivity contribution is 7.11. The minimum Gasteiger partial charge on any atom is -0.495 e. The molecule has 2 aromatic carbocycles.